The molecule has 2 atom stereocenters. The van der Waals surface area contributed by atoms with Crippen LogP contribution < -0.4 is 11.4 Å². The lowest BCUT2D eigenvalue weighted by Gasteiger charge is -2.15. The lowest BCUT2D eigenvalue weighted by molar-refractivity contribution is 0.0812. The molecule has 0 fully saturated rings. The molecule has 0 bridgehead atoms. The predicted octanol–water partition coefficient (Wildman–Crippen LogP) is -0.247. The van der Waals surface area contributed by atoms with E-state index in [1.165, 1.54) is 16.8 Å². The number of ether oxygens (including phenoxy) is 1. The highest BCUT2D eigenvalue weighted by Gasteiger charge is 2.31. The average molecular weight is 337 g/mol. The van der Waals surface area contributed by atoms with E-state index in [-0.39, 0.29) is 12.2 Å². The molecule has 9 nitrogen and oxygen atoms in total. The van der Waals surface area contributed by atoms with Gasteiger partial charge in [-0.2, -0.15) is 4.98 Å². The number of allylic oxidation sites excluding steroid dienone is 1. The Kier molecular flexibility index (Phi) is 6.39. The first-order valence-electron chi connectivity index (χ1n) is 6.09. The minimum absolute atomic E-state index is 0.0529. The number of nitrogens with two attached hydrogens (primary N) is 1. The minimum atomic E-state index is -4.37. The number of nitrogens with zero attached hydrogens (tertiary/aromatic N) is 2. The summed E-state index contributed by atoms with van der Waals surface area (Å²) in [5.74, 6) is -0.616. The number of halogens is 1. The molecule has 2 rings (SSSR count). The molecule has 0 saturated carbocycles. The van der Waals surface area contributed by atoms with Crippen molar-refractivity contribution in [3.05, 3.63) is 34.7 Å². The standard InChI is InChI=1S/C10H13FN3O5P.CH4O/c11-7-3-6(4-8(7)19-5-20(16,17)18)14-2-1-9(12)13-10(14)15;1-2/h1-3,6,8H,4-5H2,(H2,12,13,15)(H2,16,17,18);2H,1H3. The molecule has 0 spiro atoms. The van der Waals surface area contributed by atoms with Crippen molar-refractivity contribution in [2.24, 2.45) is 0 Å². The zero-order valence-corrected chi connectivity index (χ0v) is 12.6. The van der Waals surface area contributed by atoms with E-state index in [4.69, 9.17) is 25.4 Å². The Labute approximate surface area is 125 Å². The van der Waals surface area contributed by atoms with Gasteiger partial charge in [0.1, 0.15) is 24.1 Å². The summed E-state index contributed by atoms with van der Waals surface area (Å²) >= 11 is 0. The maximum Gasteiger partial charge on any atom is 0.351 e. The summed E-state index contributed by atoms with van der Waals surface area (Å²) in [5.41, 5.74) is 4.72. The van der Waals surface area contributed by atoms with Crippen molar-refractivity contribution in [3.63, 3.8) is 0 Å². The van der Waals surface area contributed by atoms with Crippen LogP contribution in [-0.4, -0.2) is 44.0 Å². The third-order valence-electron chi connectivity index (χ3n) is 2.77. The van der Waals surface area contributed by atoms with Crippen molar-refractivity contribution >= 4 is 13.4 Å². The summed E-state index contributed by atoms with van der Waals surface area (Å²) in [6, 6.07) is 0.772. The zero-order chi connectivity index (χ0) is 16.9. The highest BCUT2D eigenvalue weighted by atomic mass is 31.2. The Bertz CT molecular complexity index is 643. The Morgan fingerprint density at radius 2 is 2.18 bits per heavy atom. The van der Waals surface area contributed by atoms with Gasteiger partial charge in [0.05, 0.1) is 6.04 Å². The van der Waals surface area contributed by atoms with Crippen molar-refractivity contribution in [1.29, 1.82) is 0 Å². The second-order valence-corrected chi connectivity index (χ2v) is 5.93. The van der Waals surface area contributed by atoms with Crippen LogP contribution in [-0.2, 0) is 9.30 Å². The summed E-state index contributed by atoms with van der Waals surface area (Å²) in [5, 5.41) is 7.00. The van der Waals surface area contributed by atoms with Crippen molar-refractivity contribution in [3.8, 4) is 0 Å². The predicted molar refractivity (Wildman–Crippen MR) is 75.7 cm³/mol. The van der Waals surface area contributed by atoms with E-state index in [1.54, 1.807) is 0 Å². The fourth-order valence-electron chi connectivity index (χ4n) is 1.90. The van der Waals surface area contributed by atoms with Crippen LogP contribution in [0.25, 0.3) is 0 Å². The number of aliphatic hydroxyl groups is 1. The molecule has 0 amide bonds. The van der Waals surface area contributed by atoms with Crippen molar-refractivity contribution < 1.29 is 28.6 Å². The van der Waals surface area contributed by atoms with Crippen molar-refractivity contribution in [1.82, 2.24) is 9.55 Å². The smallest absolute Gasteiger partial charge is 0.351 e. The van der Waals surface area contributed by atoms with E-state index in [9.17, 15) is 13.8 Å². The van der Waals surface area contributed by atoms with Gasteiger partial charge in [0.25, 0.3) is 0 Å². The highest BCUT2D eigenvalue weighted by molar-refractivity contribution is 7.51. The van der Waals surface area contributed by atoms with Gasteiger partial charge in [-0.1, -0.05) is 0 Å². The van der Waals surface area contributed by atoms with E-state index in [0.29, 0.717) is 0 Å². The van der Waals surface area contributed by atoms with Crippen LogP contribution in [0.1, 0.15) is 12.5 Å². The first-order valence-corrected chi connectivity index (χ1v) is 7.89. The minimum Gasteiger partial charge on any atom is -0.400 e. The molecule has 0 radical (unpaired) electrons. The molecule has 1 aromatic rings. The number of rotatable bonds is 4. The average Bonchev–Trinajstić information content (AvgIpc) is 2.79. The lowest BCUT2D eigenvalue weighted by Crippen LogP contribution is -2.26. The largest absolute Gasteiger partial charge is 0.400 e. The van der Waals surface area contributed by atoms with Gasteiger partial charge in [-0.3, -0.25) is 9.13 Å². The van der Waals surface area contributed by atoms with Crippen molar-refractivity contribution in [2.75, 3.05) is 19.2 Å². The van der Waals surface area contributed by atoms with E-state index in [2.05, 4.69) is 4.98 Å². The van der Waals surface area contributed by atoms with Gasteiger partial charge in [0.2, 0.25) is 0 Å². The molecule has 124 valence electrons. The second-order valence-electron chi connectivity index (χ2n) is 4.35. The van der Waals surface area contributed by atoms with Crippen LogP contribution in [0, 0.1) is 0 Å². The van der Waals surface area contributed by atoms with Crippen LogP contribution in [0.15, 0.2) is 29.0 Å². The molecule has 1 aliphatic carbocycles. The van der Waals surface area contributed by atoms with Crippen LogP contribution in [0.4, 0.5) is 10.2 Å². The van der Waals surface area contributed by atoms with Gasteiger partial charge in [-0.25, -0.2) is 9.18 Å². The Morgan fingerprint density at radius 1 is 1.55 bits per heavy atom. The maximum atomic E-state index is 13.6. The molecule has 22 heavy (non-hydrogen) atoms. The molecule has 0 saturated heterocycles. The normalized spacial score (nSPS) is 21.0. The number of nitrogen functional groups attached to an aromatic ring is 1. The zero-order valence-electron chi connectivity index (χ0n) is 11.7. The Morgan fingerprint density at radius 3 is 2.73 bits per heavy atom. The van der Waals surface area contributed by atoms with E-state index >= 15 is 0 Å². The van der Waals surface area contributed by atoms with Gasteiger partial charge in [0, 0.05) is 19.7 Å². The van der Waals surface area contributed by atoms with Crippen LogP contribution in [0.2, 0.25) is 0 Å². The van der Waals surface area contributed by atoms with Crippen LogP contribution >= 0.6 is 7.60 Å². The van der Waals surface area contributed by atoms with E-state index in [1.807, 2.05) is 0 Å². The Hall–Kier alpha value is -1.58. The first kappa shape index (κ1) is 18.5. The lowest BCUT2D eigenvalue weighted by atomic mass is 10.2. The highest BCUT2D eigenvalue weighted by Crippen LogP contribution is 2.38. The van der Waals surface area contributed by atoms with Crippen LogP contribution in [0.3, 0.4) is 0 Å². The summed E-state index contributed by atoms with van der Waals surface area (Å²) in [4.78, 5) is 32.5. The summed E-state index contributed by atoms with van der Waals surface area (Å²) < 4.78 is 30.3. The number of hydrogen-bond donors (Lipinski definition) is 4. The number of hydrogen-bond acceptors (Lipinski definition) is 6. The quantitative estimate of drug-likeness (QED) is 0.550. The van der Waals surface area contributed by atoms with Crippen LogP contribution in [0.5, 0.6) is 0 Å². The molecule has 1 heterocycles. The van der Waals surface area contributed by atoms with E-state index in [0.717, 1.165) is 13.2 Å². The summed E-state index contributed by atoms with van der Waals surface area (Å²) in [7, 11) is -3.37. The third kappa shape index (κ3) is 5.00. The molecule has 5 N–H and O–H groups in total. The molecule has 0 aliphatic heterocycles. The fraction of sp³-hybridized carbons (Fsp3) is 0.455. The molecule has 0 aromatic carbocycles. The SMILES string of the molecule is CO.Nc1ccn(C2C=C(F)C(OCP(=O)(O)O)C2)c(=O)n1. The summed E-state index contributed by atoms with van der Waals surface area (Å²) in [6.07, 6.45) is 0.628. The van der Waals surface area contributed by atoms with Crippen molar-refractivity contribution in [2.45, 2.75) is 18.6 Å². The van der Waals surface area contributed by atoms with Gasteiger partial charge in [-0.15, -0.1) is 0 Å². The molecule has 1 aromatic heterocycles. The van der Waals surface area contributed by atoms with Gasteiger partial charge in [0.15, 0.2) is 0 Å². The fourth-order valence-corrected chi connectivity index (χ4v) is 2.27. The molecule has 11 heteroatoms. The van der Waals surface area contributed by atoms with Gasteiger partial charge in [-0.05, 0) is 12.1 Å². The Balaban J connectivity index is 0.00000116. The monoisotopic (exact) mass is 337 g/mol. The van der Waals surface area contributed by atoms with Gasteiger partial charge < -0.3 is 25.4 Å². The van der Waals surface area contributed by atoms with E-state index < -0.39 is 37.6 Å². The van der Waals surface area contributed by atoms with Gasteiger partial charge >= 0.3 is 13.3 Å². The third-order valence-corrected chi connectivity index (χ3v) is 3.25. The first-order chi connectivity index (χ1) is 10.3. The topological polar surface area (TPSA) is 148 Å². The second kappa shape index (κ2) is 7.61. The summed E-state index contributed by atoms with van der Waals surface area (Å²) in [6.45, 7) is 0. The number of anilines is 1. The molecular formula is C11H17FN3O6P. The maximum absolute atomic E-state index is 13.6. The number of aliphatic hydroxyl groups excluding tert-OH is 1. The molecule has 1 aliphatic rings. The molecular weight excluding hydrogens is 320 g/mol. The molecule has 2 unspecified atom stereocenters. The number of aromatic nitrogens is 2.